The molecule has 0 bridgehead atoms. The van der Waals surface area contributed by atoms with Crippen LogP contribution in [-0.2, 0) is 23.7 Å². The molecule has 4 unspecified atom stereocenters. The third-order valence-corrected chi connectivity index (χ3v) is 21.2. The van der Waals surface area contributed by atoms with Crippen molar-refractivity contribution >= 4 is 0 Å². The molecule has 0 aromatic carbocycles. The first-order valence-corrected chi connectivity index (χ1v) is 52.3. The summed E-state index contributed by atoms with van der Waals surface area (Å²) in [7, 11) is 0. The highest BCUT2D eigenvalue weighted by Crippen LogP contribution is 2.19. The molecule has 18 heteroatoms. The average Bonchev–Trinajstić information content (AvgIpc) is 0.911. The lowest BCUT2D eigenvalue weighted by Crippen LogP contribution is -2.52. The second kappa shape index (κ2) is 127. The van der Waals surface area contributed by atoms with Crippen LogP contribution < -0.4 is 21.3 Å². The Labute approximate surface area is 750 Å². The van der Waals surface area contributed by atoms with E-state index in [2.05, 4.69) is 49.0 Å². The van der Waals surface area contributed by atoms with Crippen molar-refractivity contribution < 1.29 is 69.6 Å². The van der Waals surface area contributed by atoms with E-state index in [1.807, 2.05) is 69.2 Å². The predicted octanol–water partition coefficient (Wildman–Crippen LogP) is 23.9. The summed E-state index contributed by atoms with van der Waals surface area (Å²) in [6.07, 6.45) is 79.8. The highest BCUT2D eigenvalue weighted by molar-refractivity contribution is 4.82. The number of β-amino-alcohol motifs (C(OH)–C–C–N with tert-alkyl or cyclic N) is 2. The minimum atomic E-state index is -0.755. The second-order valence-corrected chi connectivity index (χ2v) is 33.9. The Kier molecular flexibility index (Phi) is 142. The molecule has 0 spiro atoms. The smallest absolute Gasteiger partial charge is 0.0897 e. The normalized spacial score (nSPS) is 12.2. The Morgan fingerprint density at radius 1 is 0.217 bits per heavy atom. The molecule has 0 aliphatic rings. The van der Waals surface area contributed by atoms with E-state index < -0.39 is 30.0 Å². The van der Waals surface area contributed by atoms with Gasteiger partial charge in [-0.05, 0) is 46.5 Å². The molecule has 18 nitrogen and oxygen atoms in total. The summed E-state index contributed by atoms with van der Waals surface area (Å²) < 4.78 is 27.3. The predicted molar refractivity (Wildman–Crippen MR) is 523 cm³/mol. The molecule has 13 N–H and O–H groups in total. The number of aliphatic hydroxyl groups excluding tert-OH is 9. The van der Waals surface area contributed by atoms with Crippen molar-refractivity contribution in [2.75, 3.05) is 138 Å². The van der Waals surface area contributed by atoms with E-state index in [4.69, 9.17) is 39.0 Å². The molecule has 0 amide bonds. The number of unbranched alkanes of at least 4 members (excludes halogenated alkanes) is 56. The third kappa shape index (κ3) is 133. The topological polar surface area (TPSA) is 276 Å². The first-order valence-electron chi connectivity index (χ1n) is 52.3. The van der Waals surface area contributed by atoms with Gasteiger partial charge in [0.2, 0.25) is 0 Å². The molecule has 0 saturated carbocycles. The fraction of sp³-hybridized carbons (Fsp3) is 1.00. The van der Waals surface area contributed by atoms with Crippen LogP contribution in [0, 0.1) is 0 Å². The van der Waals surface area contributed by atoms with Gasteiger partial charge >= 0.3 is 0 Å². The number of hydrogen-bond donors (Lipinski definition) is 13. The van der Waals surface area contributed by atoms with Crippen LogP contribution in [-0.4, -0.2) is 220 Å². The van der Waals surface area contributed by atoms with Gasteiger partial charge in [0.1, 0.15) is 0 Å². The Balaban J connectivity index is -0.000000226. The molecule has 0 aliphatic heterocycles. The maximum atomic E-state index is 9.88. The first-order chi connectivity index (χ1) is 58.7. The number of ether oxygens (including phenoxy) is 5. The molecular weight excluding hydrogens is 1510 g/mol. The van der Waals surface area contributed by atoms with Crippen molar-refractivity contribution in [3.63, 3.8) is 0 Å². The summed E-state index contributed by atoms with van der Waals surface area (Å²) in [6, 6.07) is 0. The van der Waals surface area contributed by atoms with Gasteiger partial charge in [-0.1, -0.05) is 443 Å². The van der Waals surface area contributed by atoms with Crippen molar-refractivity contribution in [2.24, 2.45) is 0 Å². The molecule has 0 heterocycles. The largest absolute Gasteiger partial charge is 0.395 e. The standard InChI is InChI=1S/2C24H51NO4.C24H51NO3.C22H47NO3.4C2H6/c1-3-4-5-6-7-8-9-10-11-12-13-14-15-16-17-18-29-20-23(28)19-25-24(2,21-26)22-27;1-2-3-4-5-6-7-8-9-10-11-12-13-14-15-16-19-29-23-24(27)22-25-17-20-28-21-18-26;1-4-5-6-7-8-9-10-11-12-13-14-15-16-17-18-19-28-21-23(27)20-25-24(2,3)22-26;1-2-3-4-5-6-7-8-9-10-11-12-13-14-15-16-19-26-21-22(25)20-23-17-18-24;4*1-2/h23,25-28H,3-22H2,1-2H3;24-27H,2-23H2,1H3;23,25-27H,4-22H2,1-3H3;22-25H,2-21H2,1H3;4*1-2H3. The average molecular weight is 1730 g/mol. The number of aliphatic hydroxyl groups is 9. The Morgan fingerprint density at radius 2 is 0.417 bits per heavy atom. The van der Waals surface area contributed by atoms with Gasteiger partial charge < -0.3 is 90.9 Å². The minimum Gasteiger partial charge on any atom is -0.395 e. The Bertz CT molecular complexity index is 1630. The van der Waals surface area contributed by atoms with Gasteiger partial charge in [-0.15, -0.1) is 0 Å². The van der Waals surface area contributed by atoms with Crippen LogP contribution in [0.1, 0.15) is 489 Å². The molecule has 0 aliphatic carbocycles. The van der Waals surface area contributed by atoms with Crippen LogP contribution in [0.5, 0.6) is 0 Å². The summed E-state index contributed by atoms with van der Waals surface area (Å²) in [5.74, 6) is 0. The van der Waals surface area contributed by atoms with Gasteiger partial charge in [-0.2, -0.15) is 0 Å². The van der Waals surface area contributed by atoms with E-state index in [1.54, 1.807) is 6.92 Å². The SMILES string of the molecule is CC.CC.CC.CC.CCCCCCCCCCCCCCCCCOCC(O)CNC(C)(C)CO.CCCCCCCCCCCCCCCCCOCC(O)CNC(C)(CO)CO.CCCCCCCCCCCCCCCCCOCC(O)CNCCO.CCCCCCCCCCCCCCCCCOCC(O)CNCCOCCO. The number of nitrogens with one attached hydrogen (secondary N) is 4. The van der Waals surface area contributed by atoms with Crippen molar-refractivity contribution in [2.45, 2.75) is 525 Å². The molecule has 0 rings (SSSR count). The molecule has 4 atom stereocenters. The van der Waals surface area contributed by atoms with Crippen molar-refractivity contribution in [3.05, 3.63) is 0 Å². The van der Waals surface area contributed by atoms with Crippen LogP contribution in [0.4, 0.5) is 0 Å². The van der Waals surface area contributed by atoms with Gasteiger partial charge in [0.25, 0.3) is 0 Å². The molecule has 0 aromatic heterocycles. The monoisotopic (exact) mass is 1730 g/mol. The Hall–Kier alpha value is -0.720. The van der Waals surface area contributed by atoms with Crippen LogP contribution >= 0.6 is 0 Å². The maximum absolute atomic E-state index is 9.88. The summed E-state index contributed by atoms with van der Waals surface area (Å²) >= 11 is 0. The quantitative estimate of drug-likeness (QED) is 0.0252. The van der Waals surface area contributed by atoms with Crippen molar-refractivity contribution in [3.8, 4) is 0 Å². The van der Waals surface area contributed by atoms with Crippen LogP contribution in [0.2, 0.25) is 0 Å². The lowest BCUT2D eigenvalue weighted by Gasteiger charge is -2.27. The zero-order valence-corrected chi connectivity index (χ0v) is 83.7. The molecule has 120 heavy (non-hydrogen) atoms. The van der Waals surface area contributed by atoms with E-state index in [0.717, 1.165) is 45.5 Å². The molecule has 0 aromatic rings. The number of rotatable bonds is 92. The number of hydrogen-bond acceptors (Lipinski definition) is 18. The third-order valence-electron chi connectivity index (χ3n) is 21.2. The van der Waals surface area contributed by atoms with Crippen LogP contribution in [0.3, 0.4) is 0 Å². The van der Waals surface area contributed by atoms with E-state index >= 15 is 0 Å². The molecule has 0 saturated heterocycles. The summed E-state index contributed by atoms with van der Waals surface area (Å²) in [6.45, 7) is 38.7. The summed E-state index contributed by atoms with van der Waals surface area (Å²) in [4.78, 5) is 0. The highest BCUT2D eigenvalue weighted by Gasteiger charge is 2.23. The molecule has 736 valence electrons. The second-order valence-electron chi connectivity index (χ2n) is 33.9. The fourth-order valence-electron chi connectivity index (χ4n) is 13.3. The lowest BCUT2D eigenvalue weighted by molar-refractivity contribution is 0.0236. The van der Waals surface area contributed by atoms with Gasteiger partial charge in [-0.25, -0.2) is 0 Å². The van der Waals surface area contributed by atoms with E-state index in [9.17, 15) is 30.6 Å². The maximum Gasteiger partial charge on any atom is 0.0897 e. The molecule has 0 fully saturated rings. The van der Waals surface area contributed by atoms with Crippen LogP contribution in [0.15, 0.2) is 0 Å². The van der Waals surface area contributed by atoms with E-state index in [0.29, 0.717) is 85.5 Å². The first kappa shape index (κ1) is 135. The van der Waals surface area contributed by atoms with Gasteiger partial charge in [0.15, 0.2) is 0 Å². The fourth-order valence-corrected chi connectivity index (χ4v) is 13.3. The van der Waals surface area contributed by atoms with Crippen LogP contribution in [0.25, 0.3) is 0 Å². The summed E-state index contributed by atoms with van der Waals surface area (Å²) in [5.41, 5.74) is -1.11. The Morgan fingerprint density at radius 3 is 0.617 bits per heavy atom. The zero-order valence-electron chi connectivity index (χ0n) is 83.7. The molecular formula is C102H224N4O14. The molecule has 0 radical (unpaired) electrons. The van der Waals surface area contributed by atoms with E-state index in [1.165, 1.54) is 360 Å². The zero-order chi connectivity index (χ0) is 90.9. The van der Waals surface area contributed by atoms with Gasteiger partial charge in [0, 0.05) is 71.2 Å². The highest BCUT2D eigenvalue weighted by atomic mass is 16.5. The minimum absolute atomic E-state index is 0.0514. The van der Waals surface area contributed by atoms with E-state index in [-0.39, 0.29) is 38.6 Å². The van der Waals surface area contributed by atoms with Crippen molar-refractivity contribution in [1.29, 1.82) is 0 Å². The van der Waals surface area contributed by atoms with Crippen molar-refractivity contribution in [1.82, 2.24) is 21.3 Å². The lowest BCUT2D eigenvalue weighted by atomic mass is 10.0. The van der Waals surface area contributed by atoms with Gasteiger partial charge in [0.05, 0.1) is 103 Å². The van der Waals surface area contributed by atoms with Gasteiger partial charge in [-0.3, -0.25) is 0 Å². The summed E-state index contributed by atoms with van der Waals surface area (Å²) in [5, 5.41) is 96.1.